The maximum absolute atomic E-state index is 3.38. The van der Waals surface area contributed by atoms with Gasteiger partial charge in [0.2, 0.25) is 0 Å². The number of thiophene rings is 1. The summed E-state index contributed by atoms with van der Waals surface area (Å²) in [5.74, 6) is 0. The van der Waals surface area contributed by atoms with E-state index in [9.17, 15) is 0 Å². The molecule has 1 unspecified atom stereocenters. The Labute approximate surface area is 96.3 Å². The van der Waals surface area contributed by atoms with Crippen molar-refractivity contribution < 1.29 is 0 Å². The highest BCUT2D eigenvalue weighted by molar-refractivity contribution is 7.12. The van der Waals surface area contributed by atoms with Crippen LogP contribution in [0.2, 0.25) is 0 Å². The van der Waals surface area contributed by atoms with Gasteiger partial charge in [-0.3, -0.25) is 0 Å². The highest BCUT2D eigenvalue weighted by Crippen LogP contribution is 2.33. The fourth-order valence-electron chi connectivity index (χ4n) is 2.13. The minimum absolute atomic E-state index is 0. The Bertz CT molecular complexity index is 319. The monoisotopic (exact) mass is 231 g/mol. The van der Waals surface area contributed by atoms with Crippen molar-refractivity contribution >= 4 is 23.7 Å². The van der Waals surface area contributed by atoms with Crippen LogP contribution in [0.3, 0.4) is 0 Å². The molecule has 80 valence electrons. The van der Waals surface area contributed by atoms with Crippen LogP contribution in [0.4, 0.5) is 0 Å². The molecule has 1 nitrogen and oxygen atoms in total. The second-order valence-electron chi connectivity index (χ2n) is 3.91. The molecule has 3 heteroatoms. The summed E-state index contributed by atoms with van der Waals surface area (Å²) in [4.78, 5) is 3.14. The van der Waals surface area contributed by atoms with E-state index in [1.807, 2.05) is 11.3 Å². The van der Waals surface area contributed by atoms with E-state index in [4.69, 9.17) is 0 Å². The molecule has 1 aromatic heterocycles. The van der Waals surface area contributed by atoms with Gasteiger partial charge < -0.3 is 5.32 Å². The summed E-state index contributed by atoms with van der Waals surface area (Å²) < 4.78 is 0. The first kappa shape index (κ1) is 12.0. The van der Waals surface area contributed by atoms with Gasteiger partial charge in [0.1, 0.15) is 0 Å². The summed E-state index contributed by atoms with van der Waals surface area (Å²) in [5.41, 5.74) is 3.20. The molecule has 2 rings (SSSR count). The van der Waals surface area contributed by atoms with Crippen molar-refractivity contribution in [2.45, 2.75) is 39.2 Å². The molecular formula is C11H18ClNS. The lowest BCUT2D eigenvalue weighted by Gasteiger charge is -2.21. The second kappa shape index (κ2) is 4.65. The van der Waals surface area contributed by atoms with E-state index >= 15 is 0 Å². The maximum atomic E-state index is 3.38. The quantitative estimate of drug-likeness (QED) is 0.784. The highest BCUT2D eigenvalue weighted by Gasteiger charge is 2.21. The summed E-state index contributed by atoms with van der Waals surface area (Å²) in [7, 11) is 2.07. The molecule has 0 saturated heterocycles. The van der Waals surface area contributed by atoms with E-state index in [1.54, 1.807) is 16.0 Å². The largest absolute Gasteiger partial charge is 0.317 e. The van der Waals surface area contributed by atoms with Crippen molar-refractivity contribution in [3.05, 3.63) is 20.9 Å². The Hall–Kier alpha value is -0.0500. The standard InChI is InChI=1S/C11H17NS.ClH/c1-7-8(2)13-11-6-9(12-3)4-5-10(7)11;/h9,12H,4-6H2,1-3H3;1H. The van der Waals surface area contributed by atoms with Crippen molar-refractivity contribution in [3.8, 4) is 0 Å². The Morgan fingerprint density at radius 1 is 1.36 bits per heavy atom. The van der Waals surface area contributed by atoms with Crippen LogP contribution in [0.5, 0.6) is 0 Å². The van der Waals surface area contributed by atoms with Gasteiger partial charge in [0.15, 0.2) is 0 Å². The van der Waals surface area contributed by atoms with Crippen LogP contribution in [-0.2, 0) is 12.8 Å². The molecule has 1 heterocycles. The zero-order valence-corrected chi connectivity index (χ0v) is 10.6. The lowest BCUT2D eigenvalue weighted by atomic mass is 9.92. The van der Waals surface area contributed by atoms with E-state index in [1.165, 1.54) is 24.1 Å². The number of fused-ring (bicyclic) bond motifs is 1. The molecule has 0 saturated carbocycles. The van der Waals surface area contributed by atoms with Gasteiger partial charge in [-0.25, -0.2) is 0 Å². The van der Waals surface area contributed by atoms with Gasteiger partial charge in [-0.1, -0.05) is 0 Å². The van der Waals surface area contributed by atoms with E-state index in [0.717, 1.165) is 0 Å². The third-order valence-electron chi connectivity index (χ3n) is 3.18. The van der Waals surface area contributed by atoms with Crippen LogP contribution in [0.1, 0.15) is 27.3 Å². The number of aryl methyl sites for hydroxylation is 1. The SMILES string of the molecule is CNC1CCc2c(sc(C)c2C)C1.Cl. The van der Waals surface area contributed by atoms with Crippen molar-refractivity contribution in [2.75, 3.05) is 7.05 Å². The lowest BCUT2D eigenvalue weighted by molar-refractivity contribution is 0.501. The van der Waals surface area contributed by atoms with Crippen LogP contribution in [0.25, 0.3) is 0 Å². The van der Waals surface area contributed by atoms with Crippen molar-refractivity contribution in [1.29, 1.82) is 0 Å². The smallest absolute Gasteiger partial charge is 0.0116 e. The minimum atomic E-state index is 0. The third kappa shape index (κ3) is 1.97. The van der Waals surface area contributed by atoms with Gasteiger partial charge in [-0.05, 0) is 51.3 Å². The Kier molecular flexibility index (Phi) is 3.99. The van der Waals surface area contributed by atoms with Crippen molar-refractivity contribution in [1.82, 2.24) is 5.32 Å². The summed E-state index contributed by atoms with van der Waals surface area (Å²) in [6.45, 7) is 4.51. The summed E-state index contributed by atoms with van der Waals surface area (Å²) in [6.07, 6.45) is 3.82. The molecule has 0 aromatic carbocycles. The average Bonchev–Trinajstić information content (AvgIpc) is 2.42. The van der Waals surface area contributed by atoms with E-state index in [-0.39, 0.29) is 12.4 Å². The minimum Gasteiger partial charge on any atom is -0.317 e. The molecule has 1 aromatic rings. The predicted octanol–water partition coefficient (Wildman–Crippen LogP) is 2.86. The molecule has 0 amide bonds. The highest BCUT2D eigenvalue weighted by atomic mass is 35.5. The maximum Gasteiger partial charge on any atom is 0.0116 e. The molecule has 0 fully saturated rings. The van der Waals surface area contributed by atoms with Crippen molar-refractivity contribution in [2.24, 2.45) is 0 Å². The molecule has 1 N–H and O–H groups in total. The van der Waals surface area contributed by atoms with Crippen molar-refractivity contribution in [3.63, 3.8) is 0 Å². The number of halogens is 1. The van der Waals surface area contributed by atoms with Gasteiger partial charge >= 0.3 is 0 Å². The van der Waals surface area contributed by atoms with Gasteiger partial charge in [0, 0.05) is 15.8 Å². The summed E-state index contributed by atoms with van der Waals surface area (Å²) in [5, 5.41) is 3.38. The predicted molar refractivity (Wildman–Crippen MR) is 65.9 cm³/mol. The summed E-state index contributed by atoms with van der Waals surface area (Å²) >= 11 is 2.00. The molecule has 1 aliphatic rings. The molecular weight excluding hydrogens is 214 g/mol. The Morgan fingerprint density at radius 2 is 2.07 bits per heavy atom. The fourth-order valence-corrected chi connectivity index (χ4v) is 3.44. The molecule has 0 radical (unpaired) electrons. The molecule has 0 spiro atoms. The molecule has 14 heavy (non-hydrogen) atoms. The van der Waals surface area contributed by atoms with Crippen LogP contribution in [0.15, 0.2) is 0 Å². The Balaban J connectivity index is 0.000000980. The Morgan fingerprint density at radius 3 is 2.71 bits per heavy atom. The molecule has 1 aliphatic carbocycles. The number of hydrogen-bond donors (Lipinski definition) is 1. The fraction of sp³-hybridized carbons (Fsp3) is 0.636. The van der Waals surface area contributed by atoms with Gasteiger partial charge in [0.05, 0.1) is 0 Å². The van der Waals surface area contributed by atoms with Crippen LogP contribution in [-0.4, -0.2) is 13.1 Å². The van der Waals surface area contributed by atoms with Gasteiger partial charge in [-0.15, -0.1) is 23.7 Å². The number of nitrogens with one attached hydrogen (secondary N) is 1. The number of likely N-dealkylation sites (N-methyl/N-ethyl adjacent to an activating group) is 1. The third-order valence-corrected chi connectivity index (χ3v) is 4.45. The number of hydrogen-bond acceptors (Lipinski definition) is 2. The molecule has 1 atom stereocenters. The van der Waals surface area contributed by atoms with E-state index in [2.05, 4.69) is 26.2 Å². The van der Waals surface area contributed by atoms with Crippen LogP contribution < -0.4 is 5.32 Å². The second-order valence-corrected chi connectivity index (χ2v) is 5.22. The number of rotatable bonds is 1. The van der Waals surface area contributed by atoms with Gasteiger partial charge in [0.25, 0.3) is 0 Å². The van der Waals surface area contributed by atoms with E-state index < -0.39 is 0 Å². The normalized spacial score (nSPS) is 20.1. The first-order valence-electron chi connectivity index (χ1n) is 4.97. The first-order valence-corrected chi connectivity index (χ1v) is 5.79. The van der Waals surface area contributed by atoms with Crippen LogP contribution in [0, 0.1) is 13.8 Å². The topological polar surface area (TPSA) is 12.0 Å². The zero-order valence-electron chi connectivity index (χ0n) is 9.02. The molecule has 0 bridgehead atoms. The van der Waals surface area contributed by atoms with E-state index in [0.29, 0.717) is 6.04 Å². The zero-order chi connectivity index (χ0) is 9.42. The lowest BCUT2D eigenvalue weighted by Crippen LogP contribution is -2.30. The average molecular weight is 232 g/mol. The first-order chi connectivity index (χ1) is 6.22. The van der Waals surface area contributed by atoms with Gasteiger partial charge in [-0.2, -0.15) is 0 Å². The summed E-state index contributed by atoms with van der Waals surface area (Å²) in [6, 6.07) is 0.713. The van der Waals surface area contributed by atoms with Crippen LogP contribution >= 0.6 is 23.7 Å². The molecule has 0 aliphatic heterocycles.